The molecule has 5 heteroatoms. The van der Waals surface area contributed by atoms with Gasteiger partial charge in [0.2, 0.25) is 0 Å². The van der Waals surface area contributed by atoms with Crippen molar-refractivity contribution < 1.29 is 0 Å². The number of hydrogen-bond donors (Lipinski definition) is 1. The predicted molar refractivity (Wildman–Crippen MR) is 63.8 cm³/mol. The van der Waals surface area contributed by atoms with E-state index in [1.165, 1.54) is 12.8 Å². The Labute approximate surface area is 99.9 Å². The lowest BCUT2D eigenvalue weighted by atomic mass is 10.3. The summed E-state index contributed by atoms with van der Waals surface area (Å²) in [7, 11) is 0. The summed E-state index contributed by atoms with van der Waals surface area (Å²) in [4.78, 5) is 4.18. The van der Waals surface area contributed by atoms with Crippen LogP contribution >= 0.6 is 0 Å². The van der Waals surface area contributed by atoms with Gasteiger partial charge in [-0.25, -0.2) is 4.68 Å². The zero-order chi connectivity index (χ0) is 11.7. The summed E-state index contributed by atoms with van der Waals surface area (Å²) in [6.07, 6.45) is 8.02. The van der Waals surface area contributed by atoms with Crippen molar-refractivity contribution in [2.45, 2.75) is 32.4 Å². The van der Waals surface area contributed by atoms with Crippen LogP contribution in [0.5, 0.6) is 0 Å². The molecule has 2 heterocycles. The van der Waals surface area contributed by atoms with Gasteiger partial charge in [0.25, 0.3) is 0 Å². The van der Waals surface area contributed by atoms with Gasteiger partial charge in [0, 0.05) is 18.8 Å². The van der Waals surface area contributed by atoms with Gasteiger partial charge in [0.1, 0.15) is 0 Å². The lowest BCUT2D eigenvalue weighted by Gasteiger charge is -2.06. The number of pyridine rings is 1. The molecular weight excluding hydrogens is 214 g/mol. The second kappa shape index (κ2) is 4.25. The van der Waals surface area contributed by atoms with Crippen molar-refractivity contribution in [2.24, 2.45) is 0 Å². The Morgan fingerprint density at radius 2 is 2.24 bits per heavy atom. The molecule has 0 aliphatic heterocycles. The van der Waals surface area contributed by atoms with Crippen molar-refractivity contribution in [3.8, 4) is 5.69 Å². The molecule has 88 valence electrons. The lowest BCUT2D eigenvalue weighted by molar-refractivity contribution is 0.646. The van der Waals surface area contributed by atoms with E-state index in [0.717, 1.165) is 23.5 Å². The van der Waals surface area contributed by atoms with Crippen molar-refractivity contribution >= 4 is 0 Å². The summed E-state index contributed by atoms with van der Waals surface area (Å²) >= 11 is 0. The fourth-order valence-corrected chi connectivity index (χ4v) is 1.79. The third-order valence-electron chi connectivity index (χ3n) is 2.87. The molecule has 1 saturated carbocycles. The Morgan fingerprint density at radius 1 is 1.35 bits per heavy atom. The Morgan fingerprint density at radius 3 is 3.00 bits per heavy atom. The normalized spacial score (nSPS) is 15.1. The maximum Gasteiger partial charge on any atom is 0.0853 e. The largest absolute Gasteiger partial charge is 0.308 e. The standard InChI is InChI=1S/C12H15N5/c1-9-4-11(6-13-5-9)17-12(8-15-16-17)7-14-10-2-3-10/h4-6,8,10,14H,2-3,7H2,1H3. The summed E-state index contributed by atoms with van der Waals surface area (Å²) in [6.45, 7) is 2.83. The number of nitrogens with zero attached hydrogens (tertiary/aromatic N) is 4. The fourth-order valence-electron chi connectivity index (χ4n) is 1.79. The fraction of sp³-hybridized carbons (Fsp3) is 0.417. The van der Waals surface area contributed by atoms with Gasteiger partial charge in [-0.1, -0.05) is 5.21 Å². The monoisotopic (exact) mass is 229 g/mol. The first-order valence-corrected chi connectivity index (χ1v) is 5.88. The number of aryl methyl sites for hydroxylation is 1. The van der Waals surface area contributed by atoms with E-state index in [0.29, 0.717) is 6.04 Å². The van der Waals surface area contributed by atoms with Crippen LogP contribution < -0.4 is 5.32 Å². The zero-order valence-corrected chi connectivity index (χ0v) is 9.80. The first kappa shape index (κ1) is 10.4. The molecule has 0 spiro atoms. The molecular formula is C12H15N5. The molecule has 5 nitrogen and oxygen atoms in total. The van der Waals surface area contributed by atoms with E-state index < -0.39 is 0 Å². The van der Waals surface area contributed by atoms with Crippen LogP contribution in [0, 0.1) is 6.92 Å². The van der Waals surface area contributed by atoms with Gasteiger partial charge in [-0.2, -0.15) is 0 Å². The predicted octanol–water partition coefficient (Wildman–Crippen LogP) is 1.22. The molecule has 1 aliphatic carbocycles. The molecule has 0 unspecified atom stereocenters. The van der Waals surface area contributed by atoms with E-state index in [9.17, 15) is 0 Å². The van der Waals surface area contributed by atoms with E-state index >= 15 is 0 Å². The molecule has 0 bridgehead atoms. The molecule has 2 aromatic rings. The minimum Gasteiger partial charge on any atom is -0.308 e. The molecule has 0 aromatic carbocycles. The van der Waals surface area contributed by atoms with Gasteiger partial charge >= 0.3 is 0 Å². The van der Waals surface area contributed by atoms with Crippen molar-refractivity contribution in [1.82, 2.24) is 25.3 Å². The van der Waals surface area contributed by atoms with Crippen LogP contribution in [0.25, 0.3) is 5.69 Å². The van der Waals surface area contributed by atoms with Crippen LogP contribution in [-0.4, -0.2) is 26.0 Å². The number of nitrogens with one attached hydrogen (secondary N) is 1. The third kappa shape index (κ3) is 2.34. The van der Waals surface area contributed by atoms with Crippen molar-refractivity contribution in [3.05, 3.63) is 35.9 Å². The summed E-state index contributed by atoms with van der Waals surface area (Å²) in [5, 5.41) is 11.5. The van der Waals surface area contributed by atoms with Crippen LogP contribution in [0.1, 0.15) is 24.1 Å². The molecule has 0 atom stereocenters. The highest BCUT2D eigenvalue weighted by atomic mass is 15.4. The molecule has 0 saturated heterocycles. The van der Waals surface area contributed by atoms with Crippen LogP contribution in [0.3, 0.4) is 0 Å². The van der Waals surface area contributed by atoms with Gasteiger partial charge in [0.05, 0.1) is 23.8 Å². The van der Waals surface area contributed by atoms with Crippen LogP contribution in [0.15, 0.2) is 24.7 Å². The van der Waals surface area contributed by atoms with Crippen molar-refractivity contribution in [2.75, 3.05) is 0 Å². The zero-order valence-electron chi connectivity index (χ0n) is 9.80. The lowest BCUT2D eigenvalue weighted by Crippen LogP contribution is -2.18. The average molecular weight is 229 g/mol. The molecule has 1 N–H and O–H groups in total. The summed E-state index contributed by atoms with van der Waals surface area (Å²) in [5.74, 6) is 0. The van der Waals surface area contributed by atoms with E-state index in [4.69, 9.17) is 0 Å². The first-order valence-electron chi connectivity index (χ1n) is 5.88. The minimum atomic E-state index is 0.689. The molecule has 2 aromatic heterocycles. The average Bonchev–Trinajstić information content (AvgIpc) is 3.04. The van der Waals surface area contributed by atoms with Crippen molar-refractivity contribution in [3.63, 3.8) is 0 Å². The van der Waals surface area contributed by atoms with Gasteiger partial charge in [-0.05, 0) is 31.4 Å². The number of hydrogen-bond acceptors (Lipinski definition) is 4. The third-order valence-corrected chi connectivity index (χ3v) is 2.87. The second-order valence-electron chi connectivity index (χ2n) is 4.51. The van der Waals surface area contributed by atoms with E-state index in [1.54, 1.807) is 6.20 Å². The highest BCUT2D eigenvalue weighted by molar-refractivity contribution is 5.31. The van der Waals surface area contributed by atoms with Gasteiger partial charge in [-0.3, -0.25) is 4.98 Å². The number of rotatable bonds is 4. The molecule has 17 heavy (non-hydrogen) atoms. The van der Waals surface area contributed by atoms with Crippen molar-refractivity contribution in [1.29, 1.82) is 0 Å². The maximum atomic E-state index is 4.18. The first-order chi connectivity index (χ1) is 8.33. The highest BCUT2D eigenvalue weighted by Crippen LogP contribution is 2.19. The smallest absolute Gasteiger partial charge is 0.0853 e. The van der Waals surface area contributed by atoms with Gasteiger partial charge in [0.15, 0.2) is 0 Å². The Kier molecular flexibility index (Phi) is 2.60. The molecule has 1 fully saturated rings. The topological polar surface area (TPSA) is 55.6 Å². The minimum absolute atomic E-state index is 0.689. The Hall–Kier alpha value is -1.75. The van der Waals surface area contributed by atoms with Crippen LogP contribution in [0.4, 0.5) is 0 Å². The van der Waals surface area contributed by atoms with E-state index in [-0.39, 0.29) is 0 Å². The van der Waals surface area contributed by atoms with E-state index in [2.05, 4.69) is 26.7 Å². The summed E-state index contributed by atoms with van der Waals surface area (Å²) < 4.78 is 1.84. The summed E-state index contributed by atoms with van der Waals surface area (Å²) in [6, 6.07) is 2.75. The Bertz CT molecular complexity index is 515. The van der Waals surface area contributed by atoms with Gasteiger partial charge in [-0.15, -0.1) is 5.10 Å². The number of aromatic nitrogens is 4. The quantitative estimate of drug-likeness (QED) is 0.856. The second-order valence-corrected chi connectivity index (χ2v) is 4.51. The molecule has 1 aliphatic rings. The molecule has 0 amide bonds. The molecule has 3 rings (SSSR count). The van der Waals surface area contributed by atoms with Gasteiger partial charge < -0.3 is 5.32 Å². The Balaban J connectivity index is 1.83. The van der Waals surface area contributed by atoms with Crippen LogP contribution in [0.2, 0.25) is 0 Å². The highest BCUT2D eigenvalue weighted by Gasteiger charge is 2.20. The summed E-state index contributed by atoms with van der Waals surface area (Å²) in [5.41, 5.74) is 3.17. The molecule has 0 radical (unpaired) electrons. The van der Waals surface area contributed by atoms with E-state index in [1.807, 2.05) is 24.0 Å². The maximum absolute atomic E-state index is 4.18. The SMILES string of the molecule is Cc1cncc(-n2nncc2CNC2CC2)c1. The van der Waals surface area contributed by atoms with Crippen LogP contribution in [-0.2, 0) is 6.54 Å².